The average Bonchev–Trinajstić information content (AvgIpc) is 2.38. The number of carbonyl (C=O) groups is 1. The van der Waals surface area contributed by atoms with Crippen molar-refractivity contribution in [1.82, 2.24) is 4.98 Å². The number of carbonyl (C=O) groups excluding carboxylic acids is 1. The van der Waals surface area contributed by atoms with Crippen LogP contribution in [0.5, 0.6) is 0 Å². The summed E-state index contributed by atoms with van der Waals surface area (Å²) in [5, 5.41) is 0.150. The minimum absolute atomic E-state index is 0.150. The van der Waals surface area contributed by atoms with Gasteiger partial charge in [0.15, 0.2) is 0 Å². The van der Waals surface area contributed by atoms with Crippen molar-refractivity contribution in [2.75, 3.05) is 11.9 Å². The summed E-state index contributed by atoms with van der Waals surface area (Å²) in [6.07, 6.45) is 1.51. The van der Waals surface area contributed by atoms with Crippen LogP contribution in [0.4, 0.5) is 10.1 Å². The molecule has 0 spiro atoms. The van der Waals surface area contributed by atoms with Crippen LogP contribution in [-0.4, -0.2) is 17.9 Å². The first kappa shape index (κ1) is 12.5. The predicted molar refractivity (Wildman–Crippen MR) is 68.4 cm³/mol. The van der Waals surface area contributed by atoms with Crippen LogP contribution >= 0.6 is 11.6 Å². The summed E-state index contributed by atoms with van der Waals surface area (Å²) in [5.74, 6) is -0.640. The van der Waals surface area contributed by atoms with Gasteiger partial charge in [0, 0.05) is 18.9 Å². The fourth-order valence-corrected chi connectivity index (χ4v) is 1.71. The number of nitrogens with zero attached hydrogens (tertiary/aromatic N) is 2. The van der Waals surface area contributed by atoms with Gasteiger partial charge < -0.3 is 4.90 Å². The van der Waals surface area contributed by atoms with E-state index in [2.05, 4.69) is 4.98 Å². The third kappa shape index (κ3) is 2.49. The van der Waals surface area contributed by atoms with Gasteiger partial charge in [-0.2, -0.15) is 0 Å². The zero-order valence-electron chi connectivity index (χ0n) is 9.60. The van der Waals surface area contributed by atoms with E-state index >= 15 is 0 Å². The Morgan fingerprint density at radius 3 is 2.56 bits per heavy atom. The standard InChI is InChI=1S/C13H10ClFN2O/c1-17(10-6-4-9(15)5-7-10)13(18)11-3-2-8-16-12(11)14/h2-8H,1H3. The first-order valence-corrected chi connectivity index (χ1v) is 5.61. The summed E-state index contributed by atoms with van der Waals surface area (Å²) < 4.78 is 12.8. The zero-order chi connectivity index (χ0) is 13.1. The van der Waals surface area contributed by atoms with Crippen molar-refractivity contribution >= 4 is 23.2 Å². The van der Waals surface area contributed by atoms with Crippen molar-refractivity contribution in [2.45, 2.75) is 0 Å². The summed E-state index contributed by atoms with van der Waals surface area (Å²) >= 11 is 5.86. The van der Waals surface area contributed by atoms with Gasteiger partial charge in [0.05, 0.1) is 5.56 Å². The van der Waals surface area contributed by atoms with Crippen molar-refractivity contribution in [3.05, 3.63) is 59.1 Å². The van der Waals surface area contributed by atoms with Gasteiger partial charge in [0.1, 0.15) is 11.0 Å². The van der Waals surface area contributed by atoms with E-state index in [1.54, 1.807) is 19.2 Å². The maximum Gasteiger partial charge on any atom is 0.261 e. The minimum atomic E-state index is -0.348. The van der Waals surface area contributed by atoms with Crippen molar-refractivity contribution in [3.8, 4) is 0 Å². The number of hydrogen-bond donors (Lipinski definition) is 0. The summed E-state index contributed by atoms with van der Waals surface area (Å²) in [5.41, 5.74) is 0.896. The molecule has 0 atom stereocenters. The molecule has 1 amide bonds. The fraction of sp³-hybridized carbons (Fsp3) is 0.0769. The Morgan fingerprint density at radius 2 is 1.94 bits per heavy atom. The van der Waals surface area contributed by atoms with Gasteiger partial charge in [-0.05, 0) is 36.4 Å². The Bertz CT molecular complexity index is 571. The third-order valence-electron chi connectivity index (χ3n) is 2.51. The van der Waals surface area contributed by atoms with E-state index in [0.717, 1.165) is 0 Å². The fourth-order valence-electron chi connectivity index (χ4n) is 1.51. The number of halogens is 2. The first-order chi connectivity index (χ1) is 8.59. The zero-order valence-corrected chi connectivity index (χ0v) is 10.4. The third-order valence-corrected chi connectivity index (χ3v) is 2.81. The highest BCUT2D eigenvalue weighted by Gasteiger charge is 2.16. The van der Waals surface area contributed by atoms with E-state index in [9.17, 15) is 9.18 Å². The Morgan fingerprint density at radius 1 is 1.28 bits per heavy atom. The molecule has 5 heteroatoms. The average molecular weight is 265 g/mol. The number of anilines is 1. The maximum atomic E-state index is 12.8. The van der Waals surface area contributed by atoms with Crippen molar-refractivity contribution in [3.63, 3.8) is 0 Å². The highest BCUT2D eigenvalue weighted by molar-refractivity contribution is 6.33. The molecule has 0 radical (unpaired) electrons. The van der Waals surface area contributed by atoms with Crippen LogP contribution in [0.1, 0.15) is 10.4 Å². The Kier molecular flexibility index (Phi) is 3.58. The van der Waals surface area contributed by atoms with E-state index < -0.39 is 0 Å². The Balaban J connectivity index is 2.29. The molecule has 2 rings (SSSR count). The summed E-state index contributed by atoms with van der Waals surface area (Å²) in [6.45, 7) is 0. The lowest BCUT2D eigenvalue weighted by atomic mass is 10.2. The van der Waals surface area contributed by atoms with Gasteiger partial charge >= 0.3 is 0 Å². The lowest BCUT2D eigenvalue weighted by Crippen LogP contribution is -2.26. The second kappa shape index (κ2) is 5.14. The van der Waals surface area contributed by atoms with E-state index in [4.69, 9.17) is 11.6 Å². The minimum Gasteiger partial charge on any atom is -0.311 e. The molecule has 0 bridgehead atoms. The largest absolute Gasteiger partial charge is 0.311 e. The van der Waals surface area contributed by atoms with Gasteiger partial charge in [0.2, 0.25) is 0 Å². The van der Waals surface area contributed by atoms with Crippen LogP contribution in [0.3, 0.4) is 0 Å². The highest BCUT2D eigenvalue weighted by atomic mass is 35.5. The van der Waals surface area contributed by atoms with E-state index in [-0.39, 0.29) is 16.9 Å². The van der Waals surface area contributed by atoms with Gasteiger partial charge in [-0.1, -0.05) is 11.6 Å². The van der Waals surface area contributed by atoms with E-state index in [0.29, 0.717) is 11.3 Å². The predicted octanol–water partition coefficient (Wildman–Crippen LogP) is 3.15. The Hall–Kier alpha value is -1.94. The summed E-state index contributed by atoms with van der Waals surface area (Å²) in [7, 11) is 1.60. The molecule has 1 aromatic heterocycles. The number of hydrogen-bond acceptors (Lipinski definition) is 2. The van der Waals surface area contributed by atoms with Gasteiger partial charge in [-0.25, -0.2) is 9.37 Å². The van der Waals surface area contributed by atoms with E-state index in [1.807, 2.05) is 0 Å². The van der Waals surface area contributed by atoms with Crippen molar-refractivity contribution in [2.24, 2.45) is 0 Å². The van der Waals surface area contributed by atoms with Crippen molar-refractivity contribution in [1.29, 1.82) is 0 Å². The molecule has 0 fully saturated rings. The highest BCUT2D eigenvalue weighted by Crippen LogP contribution is 2.19. The molecule has 0 saturated carbocycles. The van der Waals surface area contributed by atoms with Gasteiger partial charge in [0.25, 0.3) is 5.91 Å². The van der Waals surface area contributed by atoms with Crippen LogP contribution in [0.15, 0.2) is 42.6 Å². The van der Waals surface area contributed by atoms with Gasteiger partial charge in [-0.3, -0.25) is 4.79 Å². The molecule has 0 aliphatic rings. The van der Waals surface area contributed by atoms with E-state index in [1.165, 1.54) is 35.4 Å². The SMILES string of the molecule is CN(C(=O)c1cccnc1Cl)c1ccc(F)cc1. The molecular weight excluding hydrogens is 255 g/mol. The number of rotatable bonds is 2. The molecule has 0 unspecified atom stereocenters. The molecule has 0 aliphatic carbocycles. The van der Waals surface area contributed by atoms with Crippen LogP contribution in [0.25, 0.3) is 0 Å². The number of amides is 1. The molecule has 3 nitrogen and oxygen atoms in total. The molecule has 0 saturated heterocycles. The Labute approximate surface area is 109 Å². The molecule has 1 heterocycles. The van der Waals surface area contributed by atoms with Crippen molar-refractivity contribution < 1.29 is 9.18 Å². The summed E-state index contributed by atoms with van der Waals surface area (Å²) in [6, 6.07) is 8.87. The molecule has 0 N–H and O–H groups in total. The second-order valence-corrected chi connectivity index (χ2v) is 4.04. The maximum absolute atomic E-state index is 12.8. The monoisotopic (exact) mass is 264 g/mol. The van der Waals surface area contributed by atoms with Crippen LogP contribution < -0.4 is 4.90 Å². The second-order valence-electron chi connectivity index (χ2n) is 3.68. The number of pyridine rings is 1. The quantitative estimate of drug-likeness (QED) is 0.781. The molecule has 18 heavy (non-hydrogen) atoms. The number of benzene rings is 1. The smallest absolute Gasteiger partial charge is 0.261 e. The topological polar surface area (TPSA) is 33.2 Å². The van der Waals surface area contributed by atoms with Gasteiger partial charge in [-0.15, -0.1) is 0 Å². The van der Waals surface area contributed by atoms with Crippen LogP contribution in [-0.2, 0) is 0 Å². The van der Waals surface area contributed by atoms with Crippen LogP contribution in [0, 0.1) is 5.82 Å². The normalized spacial score (nSPS) is 10.2. The number of aromatic nitrogens is 1. The molecule has 1 aromatic carbocycles. The lowest BCUT2D eigenvalue weighted by Gasteiger charge is -2.17. The molecular formula is C13H10ClFN2O. The first-order valence-electron chi connectivity index (χ1n) is 5.24. The molecule has 2 aromatic rings. The molecule has 0 aliphatic heterocycles. The molecule has 92 valence electrons. The summed E-state index contributed by atoms with van der Waals surface area (Å²) in [4.78, 5) is 17.4. The van der Waals surface area contributed by atoms with Crippen LogP contribution in [0.2, 0.25) is 5.15 Å². The lowest BCUT2D eigenvalue weighted by molar-refractivity contribution is 0.0993.